The molecular weight excluding hydrogens is 336 g/mol. The Morgan fingerprint density at radius 2 is 1.76 bits per heavy atom. The zero-order chi connectivity index (χ0) is 18.0. The van der Waals surface area contributed by atoms with E-state index in [0.717, 1.165) is 49.4 Å². The van der Waals surface area contributed by atoms with Crippen molar-refractivity contribution in [1.29, 1.82) is 0 Å². The molecule has 0 aliphatic carbocycles. The predicted molar refractivity (Wildman–Crippen MR) is 98.6 cm³/mol. The summed E-state index contributed by atoms with van der Waals surface area (Å²) in [7, 11) is -3.41. The molecule has 1 aromatic rings. The summed E-state index contributed by atoms with van der Waals surface area (Å²) < 4.78 is 33.8. The van der Waals surface area contributed by atoms with Gasteiger partial charge in [0.2, 0.25) is 10.0 Å². The van der Waals surface area contributed by atoms with Crippen molar-refractivity contribution in [2.24, 2.45) is 0 Å². The lowest BCUT2D eigenvalue weighted by atomic mass is 10.1. The summed E-state index contributed by atoms with van der Waals surface area (Å²) >= 11 is 0. The summed E-state index contributed by atoms with van der Waals surface area (Å²) in [6, 6.07) is 3.92. The van der Waals surface area contributed by atoms with Gasteiger partial charge in [0, 0.05) is 6.61 Å². The van der Waals surface area contributed by atoms with Gasteiger partial charge in [-0.2, -0.15) is 4.31 Å². The van der Waals surface area contributed by atoms with Gasteiger partial charge < -0.3 is 9.64 Å². The minimum absolute atomic E-state index is 0.355. The SMILES string of the molecule is Cc1cc(C)c(S(=O)(=O)N2CC[NH+](C[C@H]3CCCCO3)CC2)c(C)c1. The van der Waals surface area contributed by atoms with Crippen LogP contribution in [-0.4, -0.2) is 58.2 Å². The zero-order valence-corrected chi connectivity index (χ0v) is 16.5. The van der Waals surface area contributed by atoms with Crippen molar-refractivity contribution in [2.75, 3.05) is 39.3 Å². The summed E-state index contributed by atoms with van der Waals surface area (Å²) in [6.45, 7) is 10.6. The van der Waals surface area contributed by atoms with Crippen molar-refractivity contribution in [3.05, 3.63) is 28.8 Å². The second-order valence-corrected chi connectivity index (χ2v) is 9.45. The number of nitrogens with zero attached hydrogens (tertiary/aromatic N) is 1. The monoisotopic (exact) mass is 367 g/mol. The highest BCUT2D eigenvalue weighted by atomic mass is 32.2. The summed E-state index contributed by atoms with van der Waals surface area (Å²) in [5, 5.41) is 0. The summed E-state index contributed by atoms with van der Waals surface area (Å²) in [5.74, 6) is 0. The van der Waals surface area contributed by atoms with E-state index < -0.39 is 10.0 Å². The maximum atomic E-state index is 13.1. The molecule has 1 N–H and O–H groups in total. The van der Waals surface area contributed by atoms with Crippen LogP contribution in [0.4, 0.5) is 0 Å². The number of rotatable bonds is 4. The molecular formula is C19H31N2O3S+. The third kappa shape index (κ3) is 4.25. The van der Waals surface area contributed by atoms with Crippen molar-refractivity contribution in [2.45, 2.75) is 51.0 Å². The standard InChI is InChI=1S/C19H30N2O3S/c1-15-12-16(2)19(17(3)13-15)25(22,23)21-9-7-20(8-10-21)14-18-6-4-5-11-24-18/h12-13,18H,4-11,14H2,1-3H3/p+1/t18-/m1/s1. The van der Waals surface area contributed by atoms with E-state index >= 15 is 0 Å². The summed E-state index contributed by atoms with van der Waals surface area (Å²) in [6.07, 6.45) is 3.93. The maximum Gasteiger partial charge on any atom is 0.244 e. The van der Waals surface area contributed by atoms with Gasteiger partial charge in [-0.05, 0) is 51.2 Å². The Kier molecular flexibility index (Phi) is 5.83. The molecule has 0 unspecified atom stereocenters. The fraction of sp³-hybridized carbons (Fsp3) is 0.684. The number of nitrogens with one attached hydrogen (secondary N) is 1. The molecule has 140 valence electrons. The summed E-state index contributed by atoms with van der Waals surface area (Å²) in [5.41, 5.74) is 2.81. The normalized spacial score (nSPS) is 23.7. The average molecular weight is 368 g/mol. The highest BCUT2D eigenvalue weighted by Gasteiger charge is 2.33. The predicted octanol–water partition coefficient (Wildman–Crippen LogP) is 1.07. The molecule has 3 rings (SSSR count). The van der Waals surface area contributed by atoms with E-state index in [-0.39, 0.29) is 0 Å². The van der Waals surface area contributed by atoms with Crippen molar-refractivity contribution in [3.63, 3.8) is 0 Å². The molecule has 5 nitrogen and oxygen atoms in total. The highest BCUT2D eigenvalue weighted by molar-refractivity contribution is 7.89. The number of hydrogen-bond acceptors (Lipinski definition) is 3. The third-order valence-corrected chi connectivity index (χ3v) is 7.63. The smallest absolute Gasteiger partial charge is 0.244 e. The van der Waals surface area contributed by atoms with Gasteiger partial charge in [0.1, 0.15) is 12.6 Å². The van der Waals surface area contributed by atoms with Crippen LogP contribution in [0.25, 0.3) is 0 Å². The van der Waals surface area contributed by atoms with Crippen LogP contribution in [0.15, 0.2) is 17.0 Å². The van der Waals surface area contributed by atoms with Crippen molar-refractivity contribution in [1.82, 2.24) is 4.31 Å². The number of piperazine rings is 1. The minimum Gasteiger partial charge on any atom is -0.372 e. The second kappa shape index (κ2) is 7.74. The number of sulfonamides is 1. The molecule has 1 aromatic carbocycles. The Labute approximate surface area is 152 Å². The first kappa shape index (κ1) is 18.8. The van der Waals surface area contributed by atoms with Gasteiger partial charge in [0.15, 0.2) is 0 Å². The zero-order valence-electron chi connectivity index (χ0n) is 15.7. The van der Waals surface area contributed by atoms with Crippen LogP contribution in [0, 0.1) is 20.8 Å². The van der Waals surface area contributed by atoms with E-state index in [2.05, 4.69) is 0 Å². The van der Waals surface area contributed by atoms with Gasteiger partial charge in [-0.1, -0.05) is 17.7 Å². The molecule has 0 bridgehead atoms. The first-order chi connectivity index (χ1) is 11.9. The molecule has 1 atom stereocenters. The van der Waals surface area contributed by atoms with E-state index in [1.165, 1.54) is 17.7 Å². The molecule has 6 heteroatoms. The van der Waals surface area contributed by atoms with Gasteiger partial charge in [-0.25, -0.2) is 8.42 Å². The number of hydrogen-bond donors (Lipinski definition) is 1. The van der Waals surface area contributed by atoms with Crippen LogP contribution in [0.3, 0.4) is 0 Å². The molecule has 2 aliphatic rings. The molecule has 25 heavy (non-hydrogen) atoms. The van der Waals surface area contributed by atoms with E-state index in [9.17, 15) is 8.42 Å². The van der Waals surface area contributed by atoms with Gasteiger partial charge in [0.25, 0.3) is 0 Å². The molecule has 2 heterocycles. The molecule has 0 radical (unpaired) electrons. The maximum absolute atomic E-state index is 13.1. The Hall–Kier alpha value is -0.950. The number of ether oxygens (including phenoxy) is 1. The van der Waals surface area contributed by atoms with E-state index in [0.29, 0.717) is 24.1 Å². The van der Waals surface area contributed by atoms with Gasteiger partial charge >= 0.3 is 0 Å². The molecule has 2 aliphatic heterocycles. The highest BCUT2D eigenvalue weighted by Crippen LogP contribution is 2.25. The van der Waals surface area contributed by atoms with Crippen LogP contribution in [0.5, 0.6) is 0 Å². The average Bonchev–Trinajstić information content (AvgIpc) is 2.55. The van der Waals surface area contributed by atoms with E-state index in [1.807, 2.05) is 32.9 Å². The van der Waals surface area contributed by atoms with E-state index in [1.54, 1.807) is 4.31 Å². The largest absolute Gasteiger partial charge is 0.372 e. The van der Waals surface area contributed by atoms with Crippen LogP contribution in [0.2, 0.25) is 0 Å². The molecule has 0 spiro atoms. The minimum atomic E-state index is -3.41. The van der Waals surface area contributed by atoms with Gasteiger partial charge in [-0.3, -0.25) is 0 Å². The Morgan fingerprint density at radius 3 is 2.32 bits per heavy atom. The first-order valence-electron chi connectivity index (χ1n) is 9.41. The van der Waals surface area contributed by atoms with Crippen molar-refractivity contribution < 1.29 is 18.1 Å². The van der Waals surface area contributed by atoms with Gasteiger partial charge in [0.05, 0.1) is 31.1 Å². The fourth-order valence-electron chi connectivity index (χ4n) is 4.24. The molecule has 0 aromatic heterocycles. The van der Waals surface area contributed by atoms with Crippen molar-refractivity contribution in [3.8, 4) is 0 Å². The lowest BCUT2D eigenvalue weighted by Gasteiger charge is -2.34. The Morgan fingerprint density at radius 1 is 1.12 bits per heavy atom. The first-order valence-corrected chi connectivity index (χ1v) is 10.8. The van der Waals surface area contributed by atoms with E-state index in [4.69, 9.17) is 4.74 Å². The number of quaternary nitrogens is 1. The molecule has 2 saturated heterocycles. The lowest BCUT2D eigenvalue weighted by molar-refractivity contribution is -0.907. The quantitative estimate of drug-likeness (QED) is 0.866. The van der Waals surface area contributed by atoms with Crippen molar-refractivity contribution >= 4 is 10.0 Å². The Bertz CT molecular complexity index is 680. The number of aryl methyl sites for hydroxylation is 3. The molecule has 0 saturated carbocycles. The Balaban J connectivity index is 1.65. The van der Waals surface area contributed by atoms with Crippen LogP contribution < -0.4 is 4.90 Å². The summed E-state index contributed by atoms with van der Waals surface area (Å²) in [4.78, 5) is 1.97. The second-order valence-electron chi connectivity index (χ2n) is 7.57. The van der Waals surface area contributed by atoms with Crippen LogP contribution >= 0.6 is 0 Å². The number of benzene rings is 1. The van der Waals surface area contributed by atoms with Crippen LogP contribution in [-0.2, 0) is 14.8 Å². The fourth-order valence-corrected chi connectivity index (χ4v) is 6.09. The van der Waals surface area contributed by atoms with Gasteiger partial charge in [-0.15, -0.1) is 0 Å². The molecule has 0 amide bonds. The molecule has 2 fully saturated rings. The van der Waals surface area contributed by atoms with Crippen LogP contribution in [0.1, 0.15) is 36.0 Å². The lowest BCUT2D eigenvalue weighted by Crippen LogP contribution is -3.15. The topological polar surface area (TPSA) is 51.0 Å². The third-order valence-electron chi connectivity index (χ3n) is 5.42.